The monoisotopic (exact) mass is 264 g/mol. The van der Waals surface area contributed by atoms with Gasteiger partial charge < -0.3 is 0 Å². The lowest BCUT2D eigenvalue weighted by Crippen LogP contribution is -1.95. The molecule has 0 rings (SSSR count). The molecule has 0 heterocycles. The summed E-state index contributed by atoms with van der Waals surface area (Å²) in [6.45, 7) is 17.0. The lowest BCUT2D eigenvalue weighted by molar-refractivity contribution is 0.545. The van der Waals surface area contributed by atoms with E-state index < -0.39 is 0 Å². The zero-order chi connectivity index (χ0) is 15.1. The maximum atomic E-state index is 3.87. The molecule has 0 aliphatic carbocycles. The minimum Gasteiger partial charge on any atom is -0.103 e. The Bertz CT molecular complexity index is 243. The van der Waals surface area contributed by atoms with Crippen LogP contribution in [-0.4, -0.2) is 0 Å². The molecule has 0 spiro atoms. The average molecular weight is 264 g/mol. The van der Waals surface area contributed by atoms with Gasteiger partial charge >= 0.3 is 0 Å². The van der Waals surface area contributed by atoms with E-state index in [0.717, 1.165) is 12.8 Å². The molecule has 19 heavy (non-hydrogen) atoms. The Balaban J connectivity index is 0. The van der Waals surface area contributed by atoms with Gasteiger partial charge in [0.2, 0.25) is 0 Å². The predicted octanol–water partition coefficient (Wildman–Crippen LogP) is 6.61. The Labute approximate surface area is 123 Å². The number of hydrogen-bond donors (Lipinski definition) is 0. The largest absolute Gasteiger partial charge is 0.103 e. The fourth-order valence-corrected chi connectivity index (χ4v) is 1.74. The van der Waals surface area contributed by atoms with E-state index in [9.17, 15) is 0 Å². The smallest absolute Gasteiger partial charge is 0.0202 e. The topological polar surface area (TPSA) is 0 Å². The second-order valence-corrected chi connectivity index (χ2v) is 5.51. The number of allylic oxidation sites excluding steroid dienone is 1. The van der Waals surface area contributed by atoms with E-state index in [0.29, 0.717) is 11.8 Å². The molecular formula is C19H36. The predicted molar refractivity (Wildman–Crippen MR) is 90.3 cm³/mol. The molecule has 0 aromatic carbocycles. The summed E-state index contributed by atoms with van der Waals surface area (Å²) in [6, 6.07) is 0. The molecule has 0 heteroatoms. The van der Waals surface area contributed by atoms with E-state index in [-0.39, 0.29) is 0 Å². The molecule has 0 fully saturated rings. The summed E-state index contributed by atoms with van der Waals surface area (Å²) >= 11 is 0. The van der Waals surface area contributed by atoms with E-state index in [1.165, 1.54) is 37.7 Å². The van der Waals surface area contributed by atoms with Gasteiger partial charge in [0, 0.05) is 12.3 Å². The van der Waals surface area contributed by atoms with Crippen molar-refractivity contribution in [1.29, 1.82) is 0 Å². The number of rotatable bonds is 7. The molecule has 112 valence electrons. The summed E-state index contributed by atoms with van der Waals surface area (Å²) in [5.41, 5.74) is 1.35. The SMILES string of the molecule is C=C(CC)C(C)C.CCCC#CC(CCC)CCC. The van der Waals surface area contributed by atoms with Crippen LogP contribution in [0.3, 0.4) is 0 Å². The molecule has 0 N–H and O–H groups in total. The molecule has 0 saturated heterocycles. The van der Waals surface area contributed by atoms with E-state index in [2.05, 4.69) is 60.0 Å². The zero-order valence-electron chi connectivity index (χ0n) is 14.3. The normalized spacial score (nSPS) is 9.68. The van der Waals surface area contributed by atoms with Crippen LogP contribution in [0.4, 0.5) is 0 Å². The van der Waals surface area contributed by atoms with Crippen LogP contribution >= 0.6 is 0 Å². The molecule has 0 aliphatic rings. The van der Waals surface area contributed by atoms with Crippen molar-refractivity contribution in [2.45, 2.75) is 86.5 Å². The van der Waals surface area contributed by atoms with Gasteiger partial charge in [0.25, 0.3) is 0 Å². The third-order valence-corrected chi connectivity index (χ3v) is 3.23. The van der Waals surface area contributed by atoms with E-state index in [1.807, 2.05) is 0 Å². The summed E-state index contributed by atoms with van der Waals surface area (Å²) in [5, 5.41) is 0. The van der Waals surface area contributed by atoms with Crippen molar-refractivity contribution in [2.24, 2.45) is 11.8 Å². The molecule has 0 radical (unpaired) electrons. The van der Waals surface area contributed by atoms with Crippen LogP contribution in [0.25, 0.3) is 0 Å². The highest BCUT2D eigenvalue weighted by Gasteiger charge is 2.00. The van der Waals surface area contributed by atoms with Gasteiger partial charge in [0.1, 0.15) is 0 Å². The Morgan fingerprint density at radius 3 is 1.74 bits per heavy atom. The maximum Gasteiger partial charge on any atom is 0.0202 e. The molecule has 0 amide bonds. The highest BCUT2D eigenvalue weighted by Crippen LogP contribution is 2.11. The number of unbranched alkanes of at least 4 members (excludes halogenated alkanes) is 1. The first-order chi connectivity index (χ1) is 9.03. The summed E-state index contributed by atoms with van der Waals surface area (Å²) < 4.78 is 0. The van der Waals surface area contributed by atoms with Gasteiger partial charge in [-0.3, -0.25) is 0 Å². The third kappa shape index (κ3) is 15.2. The Hall–Kier alpha value is -0.700. The van der Waals surface area contributed by atoms with Crippen LogP contribution in [0.15, 0.2) is 12.2 Å². The second kappa shape index (κ2) is 15.4. The number of hydrogen-bond acceptors (Lipinski definition) is 0. The van der Waals surface area contributed by atoms with Crippen molar-refractivity contribution >= 4 is 0 Å². The van der Waals surface area contributed by atoms with Crippen LogP contribution in [0.1, 0.15) is 86.5 Å². The molecule has 0 aromatic heterocycles. The molecule has 0 bridgehead atoms. The minimum absolute atomic E-state index is 0.671. The summed E-state index contributed by atoms with van der Waals surface area (Å²) in [4.78, 5) is 0. The molecule has 0 saturated carbocycles. The van der Waals surface area contributed by atoms with E-state index >= 15 is 0 Å². The van der Waals surface area contributed by atoms with Crippen molar-refractivity contribution in [2.75, 3.05) is 0 Å². The Morgan fingerprint density at radius 1 is 0.947 bits per heavy atom. The molecule has 0 aliphatic heterocycles. The maximum absolute atomic E-state index is 3.87. The summed E-state index contributed by atoms with van der Waals surface area (Å²) in [5.74, 6) is 7.97. The highest BCUT2D eigenvalue weighted by atomic mass is 14.0. The first-order valence-electron chi connectivity index (χ1n) is 8.19. The fraction of sp³-hybridized carbons (Fsp3) is 0.789. The molecule has 0 atom stereocenters. The van der Waals surface area contributed by atoms with Gasteiger partial charge in [-0.25, -0.2) is 0 Å². The van der Waals surface area contributed by atoms with Crippen LogP contribution in [0, 0.1) is 23.7 Å². The van der Waals surface area contributed by atoms with Gasteiger partial charge in [-0.05, 0) is 31.6 Å². The minimum atomic E-state index is 0.671. The van der Waals surface area contributed by atoms with Gasteiger partial charge in [-0.2, -0.15) is 0 Å². The van der Waals surface area contributed by atoms with Crippen LogP contribution in [0.5, 0.6) is 0 Å². The van der Waals surface area contributed by atoms with Crippen molar-refractivity contribution in [1.82, 2.24) is 0 Å². The summed E-state index contributed by atoms with van der Waals surface area (Å²) in [6.07, 6.45) is 8.49. The lowest BCUT2D eigenvalue weighted by Gasteiger charge is -2.05. The van der Waals surface area contributed by atoms with Crippen molar-refractivity contribution in [3.63, 3.8) is 0 Å². The van der Waals surface area contributed by atoms with Crippen LogP contribution in [-0.2, 0) is 0 Å². The van der Waals surface area contributed by atoms with Gasteiger partial charge in [-0.15, -0.1) is 5.92 Å². The standard InChI is InChI=1S/C12H22.C7H14/c1-4-7-8-11-12(9-5-2)10-6-3;1-5-7(4)6(2)3/h12H,4-7,9-10H2,1-3H3;6H,4-5H2,1-3H3. The summed E-state index contributed by atoms with van der Waals surface area (Å²) in [7, 11) is 0. The van der Waals surface area contributed by atoms with Crippen LogP contribution in [0.2, 0.25) is 0 Å². The van der Waals surface area contributed by atoms with E-state index in [1.54, 1.807) is 0 Å². The van der Waals surface area contributed by atoms with Crippen molar-refractivity contribution in [3.05, 3.63) is 12.2 Å². The Morgan fingerprint density at radius 2 is 1.47 bits per heavy atom. The molecule has 0 nitrogen and oxygen atoms in total. The lowest BCUT2D eigenvalue weighted by atomic mass is 9.99. The first kappa shape index (κ1) is 20.6. The Kier molecular flexibility index (Phi) is 16.7. The quantitative estimate of drug-likeness (QED) is 0.358. The molecule has 0 unspecified atom stereocenters. The van der Waals surface area contributed by atoms with Crippen molar-refractivity contribution in [3.8, 4) is 11.8 Å². The van der Waals surface area contributed by atoms with Crippen molar-refractivity contribution < 1.29 is 0 Å². The first-order valence-corrected chi connectivity index (χ1v) is 8.19. The van der Waals surface area contributed by atoms with Gasteiger partial charge in [0.05, 0.1) is 0 Å². The average Bonchev–Trinajstić information content (AvgIpc) is 2.39. The highest BCUT2D eigenvalue weighted by molar-refractivity contribution is 5.03. The second-order valence-electron chi connectivity index (χ2n) is 5.51. The zero-order valence-corrected chi connectivity index (χ0v) is 14.3. The third-order valence-electron chi connectivity index (χ3n) is 3.23. The van der Waals surface area contributed by atoms with Crippen LogP contribution < -0.4 is 0 Å². The molecular weight excluding hydrogens is 228 g/mol. The van der Waals surface area contributed by atoms with Gasteiger partial charge in [0.15, 0.2) is 0 Å². The van der Waals surface area contributed by atoms with E-state index in [4.69, 9.17) is 0 Å². The van der Waals surface area contributed by atoms with Gasteiger partial charge in [-0.1, -0.05) is 72.5 Å². The molecule has 0 aromatic rings. The fourth-order valence-electron chi connectivity index (χ4n) is 1.74.